The SMILES string of the molecule is CNC(=O)C1(N2CCCNC2=O)CCN(CC[C@H](CN(C)C(=O)c2cc(C#N)cc3ccccc23)c2ccc(Cl)c(Cl)c2)CC1. The highest BCUT2D eigenvalue weighted by molar-refractivity contribution is 6.42. The molecular formula is C34H38Cl2N6O3. The molecule has 45 heavy (non-hydrogen) atoms. The third kappa shape index (κ3) is 6.89. The van der Waals surface area contributed by atoms with Crippen LogP contribution < -0.4 is 10.6 Å². The van der Waals surface area contributed by atoms with Gasteiger partial charge in [-0.3, -0.25) is 9.59 Å². The predicted molar refractivity (Wildman–Crippen MR) is 177 cm³/mol. The lowest BCUT2D eigenvalue weighted by molar-refractivity contribution is -0.135. The van der Waals surface area contributed by atoms with Crippen LogP contribution in [0.5, 0.6) is 0 Å². The number of piperidine rings is 1. The van der Waals surface area contributed by atoms with Crippen LogP contribution in [0.3, 0.4) is 0 Å². The molecule has 0 radical (unpaired) electrons. The second kappa shape index (κ2) is 14.1. The van der Waals surface area contributed by atoms with E-state index in [1.54, 1.807) is 42.1 Å². The van der Waals surface area contributed by atoms with E-state index in [0.717, 1.165) is 35.7 Å². The highest BCUT2D eigenvalue weighted by Crippen LogP contribution is 2.33. The number of nitrogens with zero attached hydrogens (tertiary/aromatic N) is 4. The van der Waals surface area contributed by atoms with Crippen molar-refractivity contribution in [2.45, 2.75) is 37.1 Å². The van der Waals surface area contributed by atoms with Gasteiger partial charge < -0.3 is 25.3 Å². The van der Waals surface area contributed by atoms with Crippen molar-refractivity contribution in [3.05, 3.63) is 81.3 Å². The number of amides is 4. The number of carbonyl (C=O) groups excluding carboxylic acids is 3. The van der Waals surface area contributed by atoms with E-state index in [-0.39, 0.29) is 23.8 Å². The Kier molecular flexibility index (Phi) is 10.2. The summed E-state index contributed by atoms with van der Waals surface area (Å²) >= 11 is 12.7. The molecule has 2 saturated heterocycles. The molecule has 0 bridgehead atoms. The van der Waals surface area contributed by atoms with E-state index < -0.39 is 5.54 Å². The topological polar surface area (TPSA) is 109 Å². The molecule has 0 saturated carbocycles. The number of nitriles is 1. The molecule has 2 aliphatic heterocycles. The highest BCUT2D eigenvalue weighted by Gasteiger charge is 2.48. The Morgan fingerprint density at radius 2 is 1.84 bits per heavy atom. The number of hydrogen-bond acceptors (Lipinski definition) is 5. The summed E-state index contributed by atoms with van der Waals surface area (Å²) in [5, 5.41) is 17.8. The fourth-order valence-corrected chi connectivity index (χ4v) is 6.98. The second-order valence-electron chi connectivity index (χ2n) is 11.9. The molecule has 2 fully saturated rings. The number of likely N-dealkylation sites (N-methyl/N-ethyl adjacent to an activating group) is 2. The molecule has 3 aromatic carbocycles. The lowest BCUT2D eigenvalue weighted by Gasteiger charge is -2.48. The largest absolute Gasteiger partial charge is 0.357 e. The number of carbonyl (C=O) groups is 3. The Bertz CT molecular complexity index is 1630. The zero-order valence-corrected chi connectivity index (χ0v) is 27.1. The minimum atomic E-state index is -0.869. The number of likely N-dealkylation sites (tertiary alicyclic amines) is 1. The van der Waals surface area contributed by atoms with E-state index in [9.17, 15) is 19.6 Å². The molecule has 11 heteroatoms. The van der Waals surface area contributed by atoms with E-state index in [1.807, 2.05) is 36.4 Å². The van der Waals surface area contributed by atoms with Crippen LogP contribution in [0.2, 0.25) is 10.0 Å². The van der Waals surface area contributed by atoms with E-state index in [2.05, 4.69) is 21.6 Å². The van der Waals surface area contributed by atoms with Crippen LogP contribution in [0, 0.1) is 11.3 Å². The van der Waals surface area contributed by atoms with Crippen molar-refractivity contribution in [3.8, 4) is 6.07 Å². The summed E-state index contributed by atoms with van der Waals surface area (Å²) in [5.74, 6) is -0.347. The maximum absolute atomic E-state index is 13.8. The maximum atomic E-state index is 13.8. The summed E-state index contributed by atoms with van der Waals surface area (Å²) in [6, 6.07) is 18.6. The molecule has 9 nitrogen and oxygen atoms in total. The Hall–Kier alpha value is -3.84. The average molecular weight is 650 g/mol. The summed E-state index contributed by atoms with van der Waals surface area (Å²) in [7, 11) is 3.40. The molecule has 0 unspecified atom stereocenters. The average Bonchev–Trinajstić information content (AvgIpc) is 3.07. The zero-order chi connectivity index (χ0) is 32.1. The quantitative estimate of drug-likeness (QED) is 0.329. The summed E-state index contributed by atoms with van der Waals surface area (Å²) in [5.41, 5.74) is 1.03. The monoisotopic (exact) mass is 648 g/mol. The lowest BCUT2D eigenvalue weighted by Crippen LogP contribution is -2.67. The van der Waals surface area contributed by atoms with Gasteiger partial charge in [0.05, 0.1) is 21.7 Å². The van der Waals surface area contributed by atoms with Crippen LogP contribution >= 0.6 is 23.2 Å². The number of benzene rings is 3. The van der Waals surface area contributed by atoms with Gasteiger partial charge in [0, 0.05) is 58.3 Å². The fourth-order valence-electron chi connectivity index (χ4n) is 6.68. The van der Waals surface area contributed by atoms with E-state index in [4.69, 9.17) is 23.2 Å². The second-order valence-corrected chi connectivity index (χ2v) is 12.7. The van der Waals surface area contributed by atoms with Crippen molar-refractivity contribution in [1.29, 1.82) is 5.26 Å². The highest BCUT2D eigenvalue weighted by atomic mass is 35.5. The van der Waals surface area contributed by atoms with Gasteiger partial charge in [0.25, 0.3) is 5.91 Å². The van der Waals surface area contributed by atoms with Crippen LogP contribution in [0.4, 0.5) is 4.79 Å². The molecule has 2 N–H and O–H groups in total. The Balaban J connectivity index is 1.33. The first kappa shape index (κ1) is 32.6. The zero-order valence-electron chi connectivity index (χ0n) is 25.6. The molecule has 236 valence electrons. The molecule has 5 rings (SSSR count). The van der Waals surface area contributed by atoms with Crippen molar-refractivity contribution >= 4 is 51.8 Å². The summed E-state index contributed by atoms with van der Waals surface area (Å²) < 4.78 is 0. The predicted octanol–water partition coefficient (Wildman–Crippen LogP) is 5.26. The van der Waals surface area contributed by atoms with Gasteiger partial charge in [-0.05, 0) is 72.8 Å². The number of nitrogens with one attached hydrogen (secondary N) is 2. The summed E-state index contributed by atoms with van der Waals surface area (Å²) in [6.07, 6.45) is 2.62. The Morgan fingerprint density at radius 3 is 2.53 bits per heavy atom. The van der Waals surface area contributed by atoms with E-state index in [1.165, 1.54) is 0 Å². The third-order valence-corrected chi connectivity index (χ3v) is 9.94. The van der Waals surface area contributed by atoms with Crippen LogP contribution in [-0.4, -0.2) is 91.4 Å². The van der Waals surface area contributed by atoms with Crippen LogP contribution in [0.1, 0.15) is 53.1 Å². The van der Waals surface area contributed by atoms with Gasteiger partial charge in [-0.2, -0.15) is 5.26 Å². The molecule has 0 spiro atoms. The lowest BCUT2D eigenvalue weighted by atomic mass is 9.83. The van der Waals surface area contributed by atoms with Gasteiger partial charge in [-0.25, -0.2) is 4.79 Å². The third-order valence-electron chi connectivity index (χ3n) is 9.20. The normalized spacial score (nSPS) is 17.3. The molecule has 3 aromatic rings. The van der Waals surface area contributed by atoms with Crippen LogP contribution in [0.25, 0.3) is 10.8 Å². The smallest absolute Gasteiger partial charge is 0.318 e. The van der Waals surface area contributed by atoms with Crippen molar-refractivity contribution in [3.63, 3.8) is 0 Å². The van der Waals surface area contributed by atoms with E-state index in [0.29, 0.717) is 66.7 Å². The first-order valence-electron chi connectivity index (χ1n) is 15.3. The summed E-state index contributed by atoms with van der Waals surface area (Å²) in [4.78, 5) is 45.5. The molecule has 0 aromatic heterocycles. The van der Waals surface area contributed by atoms with Crippen LogP contribution in [0.15, 0.2) is 54.6 Å². The molecular weight excluding hydrogens is 611 g/mol. The van der Waals surface area contributed by atoms with Gasteiger partial charge >= 0.3 is 6.03 Å². The van der Waals surface area contributed by atoms with Gasteiger partial charge in [0.1, 0.15) is 5.54 Å². The number of fused-ring (bicyclic) bond motifs is 1. The van der Waals surface area contributed by atoms with Gasteiger partial charge in [0.15, 0.2) is 0 Å². The van der Waals surface area contributed by atoms with Gasteiger partial charge in [-0.15, -0.1) is 0 Å². The van der Waals surface area contributed by atoms with Crippen LogP contribution in [-0.2, 0) is 4.79 Å². The first-order valence-corrected chi connectivity index (χ1v) is 16.1. The Morgan fingerprint density at radius 1 is 1.09 bits per heavy atom. The standard InChI is InChI=1S/C34H38Cl2N6O3/c1-38-32(44)34(42-14-5-13-39-33(42)45)11-16-41(17-12-34)15-10-26(24-8-9-29(35)30(36)20-24)22-40(2)31(43)28-19-23(21-37)18-25-6-3-4-7-27(25)28/h3-4,6-9,18-20,26H,5,10-17,22H2,1-2H3,(H,38,44)(H,39,45)/t26-/m1/s1. The van der Waals surface area contributed by atoms with Gasteiger partial charge in [-0.1, -0.05) is 53.5 Å². The minimum Gasteiger partial charge on any atom is -0.357 e. The van der Waals surface area contributed by atoms with Crippen molar-refractivity contribution in [1.82, 2.24) is 25.3 Å². The molecule has 2 heterocycles. The fraction of sp³-hybridized carbons (Fsp3) is 0.412. The molecule has 2 aliphatic rings. The Labute approximate surface area is 274 Å². The minimum absolute atomic E-state index is 0.0578. The number of hydrogen-bond donors (Lipinski definition) is 2. The van der Waals surface area contributed by atoms with Crippen molar-refractivity contribution < 1.29 is 14.4 Å². The first-order chi connectivity index (χ1) is 21.7. The van der Waals surface area contributed by atoms with E-state index >= 15 is 0 Å². The molecule has 4 amide bonds. The summed E-state index contributed by atoms with van der Waals surface area (Å²) in [6.45, 7) is 3.66. The number of halogens is 2. The molecule has 0 aliphatic carbocycles. The maximum Gasteiger partial charge on any atom is 0.318 e. The van der Waals surface area contributed by atoms with Crippen molar-refractivity contribution in [2.24, 2.45) is 0 Å². The molecule has 1 atom stereocenters. The number of urea groups is 1. The van der Waals surface area contributed by atoms with Gasteiger partial charge in [0.2, 0.25) is 5.91 Å². The van der Waals surface area contributed by atoms with Crippen molar-refractivity contribution in [2.75, 3.05) is 53.4 Å². The number of rotatable bonds is 9.